The van der Waals surface area contributed by atoms with E-state index in [1.807, 2.05) is 6.92 Å². The van der Waals surface area contributed by atoms with Gasteiger partial charge in [0.05, 0.1) is 7.11 Å². The van der Waals surface area contributed by atoms with Crippen LogP contribution < -0.4 is 5.32 Å². The van der Waals surface area contributed by atoms with Crippen LogP contribution in [0.2, 0.25) is 0 Å². The molecule has 2 atom stereocenters. The van der Waals surface area contributed by atoms with Gasteiger partial charge in [-0.25, -0.2) is 0 Å². The van der Waals surface area contributed by atoms with E-state index < -0.39 is 0 Å². The maximum absolute atomic E-state index is 11.6. The molecule has 3 nitrogen and oxygen atoms in total. The second-order valence-corrected chi connectivity index (χ2v) is 5.93. The molecule has 1 fully saturated rings. The molecule has 1 aromatic heterocycles. The number of thiophene rings is 1. The average Bonchev–Trinajstić information content (AvgIpc) is 3.06. The van der Waals surface area contributed by atoms with Crippen LogP contribution in [0.25, 0.3) is 0 Å². The van der Waals surface area contributed by atoms with Gasteiger partial charge in [0.15, 0.2) is 0 Å². The Bertz CT molecular complexity index is 371. The van der Waals surface area contributed by atoms with Gasteiger partial charge < -0.3 is 4.74 Å². The van der Waals surface area contributed by atoms with Crippen molar-refractivity contribution in [1.29, 1.82) is 0 Å². The predicted octanol–water partition coefficient (Wildman–Crippen LogP) is 3.13. The van der Waals surface area contributed by atoms with Crippen molar-refractivity contribution in [3.05, 3.63) is 22.4 Å². The minimum atomic E-state index is -0.248. The van der Waals surface area contributed by atoms with E-state index in [9.17, 15) is 4.79 Å². The lowest BCUT2D eigenvalue weighted by Gasteiger charge is -2.26. The van der Waals surface area contributed by atoms with E-state index in [0.29, 0.717) is 12.0 Å². The predicted molar refractivity (Wildman–Crippen MR) is 73.6 cm³/mol. The lowest BCUT2D eigenvalue weighted by atomic mass is 9.96. The lowest BCUT2D eigenvalue weighted by Crippen LogP contribution is -2.39. The average molecular weight is 267 g/mol. The smallest absolute Gasteiger partial charge is 0.322 e. The molecule has 1 aliphatic rings. The number of methoxy groups -OCH3 is 1. The third-order valence-electron chi connectivity index (χ3n) is 3.71. The molecule has 0 spiro atoms. The van der Waals surface area contributed by atoms with Crippen molar-refractivity contribution in [2.75, 3.05) is 7.11 Å². The summed E-state index contributed by atoms with van der Waals surface area (Å²) in [5.74, 6) is 0.463. The highest BCUT2D eigenvalue weighted by molar-refractivity contribution is 7.10. The van der Waals surface area contributed by atoms with Gasteiger partial charge in [0.25, 0.3) is 0 Å². The minimum absolute atomic E-state index is 0.186. The van der Waals surface area contributed by atoms with Crippen LogP contribution in [-0.2, 0) is 9.53 Å². The summed E-state index contributed by atoms with van der Waals surface area (Å²) in [5, 5.41) is 5.55. The van der Waals surface area contributed by atoms with Crippen LogP contribution in [0, 0.1) is 5.92 Å². The van der Waals surface area contributed by atoms with E-state index in [0.717, 1.165) is 0 Å². The highest BCUT2D eigenvalue weighted by Gasteiger charge is 2.29. The highest BCUT2D eigenvalue weighted by Crippen LogP contribution is 2.37. The summed E-state index contributed by atoms with van der Waals surface area (Å²) in [5.41, 5.74) is 0. The monoisotopic (exact) mass is 267 g/mol. The normalized spacial score (nSPS) is 19.7. The first-order valence-corrected chi connectivity index (χ1v) is 7.47. The van der Waals surface area contributed by atoms with Crippen LogP contribution in [0.3, 0.4) is 0 Å². The van der Waals surface area contributed by atoms with Crippen molar-refractivity contribution in [3.8, 4) is 0 Å². The van der Waals surface area contributed by atoms with E-state index >= 15 is 0 Å². The lowest BCUT2D eigenvalue weighted by molar-refractivity contribution is -0.143. The SMILES string of the molecule is COC(=O)[C@H](C)NC(c1cccs1)C1CCCC1. The molecule has 1 saturated carbocycles. The summed E-state index contributed by atoms with van der Waals surface area (Å²) >= 11 is 1.76. The number of carbonyl (C=O) groups excluding carboxylic acids is 1. The summed E-state index contributed by atoms with van der Waals surface area (Å²) in [6, 6.07) is 4.28. The van der Waals surface area contributed by atoms with E-state index in [4.69, 9.17) is 4.74 Å². The second-order valence-electron chi connectivity index (χ2n) is 4.95. The fourth-order valence-corrected chi connectivity index (χ4v) is 3.60. The van der Waals surface area contributed by atoms with E-state index in [1.165, 1.54) is 37.7 Å². The molecule has 1 N–H and O–H groups in total. The number of hydrogen-bond acceptors (Lipinski definition) is 4. The van der Waals surface area contributed by atoms with Crippen molar-refractivity contribution < 1.29 is 9.53 Å². The molecule has 0 radical (unpaired) electrons. The van der Waals surface area contributed by atoms with Crippen LogP contribution in [-0.4, -0.2) is 19.1 Å². The Morgan fingerprint density at radius 2 is 2.22 bits per heavy atom. The molecule has 0 amide bonds. The molecule has 0 aliphatic heterocycles. The van der Waals surface area contributed by atoms with E-state index in [1.54, 1.807) is 11.3 Å². The van der Waals surface area contributed by atoms with Gasteiger partial charge in [-0.2, -0.15) is 0 Å². The summed E-state index contributed by atoms with van der Waals surface area (Å²) in [4.78, 5) is 12.9. The third kappa shape index (κ3) is 3.12. The molecule has 0 aromatic carbocycles. The van der Waals surface area contributed by atoms with Crippen molar-refractivity contribution in [1.82, 2.24) is 5.32 Å². The van der Waals surface area contributed by atoms with Crippen LogP contribution in [0.5, 0.6) is 0 Å². The van der Waals surface area contributed by atoms with Gasteiger partial charge in [0, 0.05) is 10.9 Å². The van der Waals surface area contributed by atoms with Crippen LogP contribution in [0.15, 0.2) is 17.5 Å². The zero-order valence-corrected chi connectivity index (χ0v) is 11.8. The number of nitrogens with one attached hydrogen (secondary N) is 1. The molecule has 1 heterocycles. The number of rotatable bonds is 5. The van der Waals surface area contributed by atoms with Gasteiger partial charge in [-0.3, -0.25) is 10.1 Å². The van der Waals surface area contributed by atoms with Gasteiger partial charge in [0.2, 0.25) is 0 Å². The zero-order valence-electron chi connectivity index (χ0n) is 11.0. The number of esters is 1. The Morgan fingerprint density at radius 3 is 2.78 bits per heavy atom. The first kappa shape index (κ1) is 13.6. The molecule has 1 unspecified atom stereocenters. The van der Waals surface area contributed by atoms with Crippen molar-refractivity contribution in [3.63, 3.8) is 0 Å². The minimum Gasteiger partial charge on any atom is -0.468 e. The van der Waals surface area contributed by atoms with Gasteiger partial charge >= 0.3 is 5.97 Å². The largest absolute Gasteiger partial charge is 0.468 e. The van der Waals surface area contributed by atoms with Gasteiger partial charge in [-0.1, -0.05) is 18.9 Å². The second kappa shape index (κ2) is 6.34. The van der Waals surface area contributed by atoms with E-state index in [-0.39, 0.29) is 12.0 Å². The topological polar surface area (TPSA) is 38.3 Å². The highest BCUT2D eigenvalue weighted by atomic mass is 32.1. The summed E-state index contributed by atoms with van der Waals surface area (Å²) in [7, 11) is 1.44. The van der Waals surface area contributed by atoms with Crippen molar-refractivity contribution >= 4 is 17.3 Å². The fourth-order valence-electron chi connectivity index (χ4n) is 2.72. The molecular formula is C14H21NO2S. The maximum Gasteiger partial charge on any atom is 0.322 e. The first-order chi connectivity index (χ1) is 8.72. The molecule has 100 valence electrons. The molecule has 2 rings (SSSR count). The molecule has 0 saturated heterocycles. The van der Waals surface area contributed by atoms with Gasteiger partial charge in [0.1, 0.15) is 6.04 Å². The number of hydrogen-bond donors (Lipinski definition) is 1. The Balaban J connectivity index is 2.07. The molecular weight excluding hydrogens is 246 g/mol. The Hall–Kier alpha value is -0.870. The first-order valence-electron chi connectivity index (χ1n) is 6.59. The van der Waals surface area contributed by atoms with Crippen LogP contribution in [0.4, 0.5) is 0 Å². The Kier molecular flexibility index (Phi) is 4.78. The molecule has 18 heavy (non-hydrogen) atoms. The summed E-state index contributed by atoms with van der Waals surface area (Å²) in [6.45, 7) is 1.88. The van der Waals surface area contributed by atoms with Crippen molar-refractivity contribution in [2.45, 2.75) is 44.7 Å². The Morgan fingerprint density at radius 1 is 1.50 bits per heavy atom. The standard InChI is InChI=1S/C14H21NO2S/c1-10(14(16)17-2)15-13(11-6-3-4-7-11)12-8-5-9-18-12/h5,8-11,13,15H,3-4,6-7H2,1-2H3/t10-,13?/m0/s1. The maximum atomic E-state index is 11.6. The zero-order chi connectivity index (χ0) is 13.0. The Labute approximate surface area is 113 Å². The summed E-state index contributed by atoms with van der Waals surface area (Å²) < 4.78 is 4.79. The fraction of sp³-hybridized carbons (Fsp3) is 0.643. The van der Waals surface area contributed by atoms with Crippen LogP contribution >= 0.6 is 11.3 Å². The number of ether oxygens (including phenoxy) is 1. The summed E-state index contributed by atoms with van der Waals surface area (Å²) in [6.07, 6.45) is 5.12. The molecule has 1 aromatic rings. The molecule has 4 heteroatoms. The van der Waals surface area contributed by atoms with Crippen LogP contribution in [0.1, 0.15) is 43.5 Å². The quantitative estimate of drug-likeness (QED) is 0.833. The molecule has 1 aliphatic carbocycles. The van der Waals surface area contributed by atoms with Gasteiger partial charge in [-0.05, 0) is 37.1 Å². The van der Waals surface area contributed by atoms with Crippen molar-refractivity contribution in [2.24, 2.45) is 5.92 Å². The third-order valence-corrected chi connectivity index (χ3v) is 4.66. The molecule has 0 bridgehead atoms. The van der Waals surface area contributed by atoms with Gasteiger partial charge in [-0.15, -0.1) is 11.3 Å². The number of carbonyl (C=O) groups is 1. The van der Waals surface area contributed by atoms with E-state index in [2.05, 4.69) is 22.8 Å².